The maximum Gasteiger partial charge on any atom is 0.225 e. The first kappa shape index (κ1) is 12.5. The fraction of sp³-hybridized carbons (Fsp3) is 0.909. The Morgan fingerprint density at radius 2 is 2.13 bits per heavy atom. The number of hydrogen-bond acceptors (Lipinski definition) is 3. The number of hydrogen-bond donors (Lipinski definition) is 2. The summed E-state index contributed by atoms with van der Waals surface area (Å²) < 4.78 is 0. The van der Waals surface area contributed by atoms with Gasteiger partial charge >= 0.3 is 0 Å². The van der Waals surface area contributed by atoms with Gasteiger partial charge in [-0.3, -0.25) is 4.79 Å². The fourth-order valence-electron chi connectivity index (χ4n) is 2.21. The smallest absolute Gasteiger partial charge is 0.225 e. The van der Waals surface area contributed by atoms with Gasteiger partial charge in [-0.1, -0.05) is 0 Å². The Kier molecular flexibility index (Phi) is 3.73. The minimum absolute atomic E-state index is 0.0624. The second-order valence-electron chi connectivity index (χ2n) is 5.28. The molecule has 1 aliphatic rings. The van der Waals surface area contributed by atoms with Crippen LogP contribution in [0.3, 0.4) is 0 Å². The molecular weight excluding hydrogens is 192 g/mol. The highest BCUT2D eigenvalue weighted by Gasteiger charge is 2.31. The number of likely N-dealkylation sites (N-methyl/N-ethyl adjacent to an activating group) is 1. The molecule has 4 nitrogen and oxygen atoms in total. The molecular formula is C11H22N2O2. The molecule has 0 aromatic rings. The van der Waals surface area contributed by atoms with Crippen LogP contribution in [0.2, 0.25) is 0 Å². The standard InChI is InChI=1S/C11H22N2O2/c1-11(2,15)7-13(3)10(14)8-4-5-9(12)6-8/h8-9,15H,4-7,12H2,1-3H3. The normalized spacial score (nSPS) is 26.7. The zero-order valence-electron chi connectivity index (χ0n) is 9.86. The van der Waals surface area contributed by atoms with E-state index in [0.717, 1.165) is 19.3 Å². The van der Waals surface area contributed by atoms with E-state index in [1.165, 1.54) is 0 Å². The Hall–Kier alpha value is -0.610. The summed E-state index contributed by atoms with van der Waals surface area (Å²) in [7, 11) is 1.74. The summed E-state index contributed by atoms with van der Waals surface area (Å²) in [6.07, 6.45) is 2.61. The van der Waals surface area contributed by atoms with Crippen molar-refractivity contribution in [2.45, 2.75) is 44.8 Å². The minimum atomic E-state index is -0.828. The second-order valence-corrected chi connectivity index (χ2v) is 5.28. The summed E-state index contributed by atoms with van der Waals surface area (Å²) in [4.78, 5) is 13.5. The molecule has 0 radical (unpaired) electrons. The van der Waals surface area contributed by atoms with E-state index in [1.807, 2.05) is 0 Å². The number of amides is 1. The van der Waals surface area contributed by atoms with Gasteiger partial charge in [0.25, 0.3) is 0 Å². The zero-order valence-corrected chi connectivity index (χ0v) is 9.86. The molecule has 0 heterocycles. The van der Waals surface area contributed by atoms with Gasteiger partial charge in [-0.25, -0.2) is 0 Å². The van der Waals surface area contributed by atoms with E-state index in [0.29, 0.717) is 6.54 Å². The minimum Gasteiger partial charge on any atom is -0.389 e. The van der Waals surface area contributed by atoms with Crippen molar-refractivity contribution >= 4 is 5.91 Å². The van der Waals surface area contributed by atoms with E-state index < -0.39 is 5.60 Å². The van der Waals surface area contributed by atoms with Crippen molar-refractivity contribution in [3.63, 3.8) is 0 Å². The summed E-state index contributed by atoms with van der Waals surface area (Å²) in [5, 5.41) is 9.61. The largest absolute Gasteiger partial charge is 0.389 e. The predicted molar refractivity (Wildman–Crippen MR) is 59.3 cm³/mol. The first-order chi connectivity index (χ1) is 6.79. The Bertz CT molecular complexity index is 235. The average molecular weight is 214 g/mol. The van der Waals surface area contributed by atoms with Gasteiger partial charge in [-0.05, 0) is 33.1 Å². The van der Waals surface area contributed by atoms with Crippen LogP contribution in [-0.4, -0.2) is 41.1 Å². The molecule has 15 heavy (non-hydrogen) atoms. The van der Waals surface area contributed by atoms with Crippen molar-refractivity contribution in [3.05, 3.63) is 0 Å². The Morgan fingerprint density at radius 1 is 1.53 bits per heavy atom. The molecule has 0 saturated heterocycles. The lowest BCUT2D eigenvalue weighted by molar-refractivity contribution is -0.136. The van der Waals surface area contributed by atoms with E-state index in [-0.39, 0.29) is 17.9 Å². The summed E-state index contributed by atoms with van der Waals surface area (Å²) >= 11 is 0. The van der Waals surface area contributed by atoms with Crippen LogP contribution in [0.4, 0.5) is 0 Å². The summed E-state index contributed by atoms with van der Waals surface area (Å²) in [6.45, 7) is 3.78. The molecule has 3 N–H and O–H groups in total. The number of rotatable bonds is 3. The highest BCUT2D eigenvalue weighted by molar-refractivity contribution is 5.79. The molecule has 0 aliphatic heterocycles. The highest BCUT2D eigenvalue weighted by Crippen LogP contribution is 2.26. The SMILES string of the molecule is CN(CC(C)(C)O)C(=O)C1CCC(N)C1. The van der Waals surface area contributed by atoms with Gasteiger partial charge in [0, 0.05) is 25.6 Å². The van der Waals surface area contributed by atoms with E-state index in [4.69, 9.17) is 5.73 Å². The van der Waals surface area contributed by atoms with Gasteiger partial charge in [0.05, 0.1) is 5.60 Å². The fourth-order valence-corrected chi connectivity index (χ4v) is 2.21. The summed E-state index contributed by atoms with van der Waals surface area (Å²) in [6, 6.07) is 0.175. The molecule has 1 amide bonds. The van der Waals surface area contributed by atoms with Crippen molar-refractivity contribution < 1.29 is 9.90 Å². The van der Waals surface area contributed by atoms with Crippen LogP contribution in [0.5, 0.6) is 0 Å². The van der Waals surface area contributed by atoms with Crippen molar-refractivity contribution in [1.29, 1.82) is 0 Å². The Labute approximate surface area is 91.4 Å². The van der Waals surface area contributed by atoms with Gasteiger partial charge < -0.3 is 15.7 Å². The van der Waals surface area contributed by atoms with Crippen LogP contribution in [0.1, 0.15) is 33.1 Å². The van der Waals surface area contributed by atoms with E-state index >= 15 is 0 Å². The summed E-state index contributed by atoms with van der Waals surface area (Å²) in [5.41, 5.74) is 4.94. The molecule has 88 valence electrons. The quantitative estimate of drug-likeness (QED) is 0.712. The third-order valence-corrected chi connectivity index (χ3v) is 2.82. The van der Waals surface area contributed by atoms with Crippen LogP contribution in [0, 0.1) is 5.92 Å². The van der Waals surface area contributed by atoms with Gasteiger partial charge in [0.2, 0.25) is 5.91 Å². The van der Waals surface area contributed by atoms with E-state index in [2.05, 4.69) is 0 Å². The molecule has 1 rings (SSSR count). The van der Waals surface area contributed by atoms with Crippen molar-refractivity contribution in [1.82, 2.24) is 4.90 Å². The maximum absolute atomic E-state index is 11.9. The molecule has 1 fully saturated rings. The third kappa shape index (κ3) is 3.80. The average Bonchev–Trinajstić information content (AvgIpc) is 2.47. The van der Waals surface area contributed by atoms with E-state index in [9.17, 15) is 9.90 Å². The zero-order chi connectivity index (χ0) is 11.6. The molecule has 1 aliphatic carbocycles. The molecule has 2 atom stereocenters. The molecule has 0 spiro atoms. The topological polar surface area (TPSA) is 66.6 Å². The maximum atomic E-state index is 11.9. The number of nitrogens with two attached hydrogens (primary N) is 1. The van der Waals surface area contributed by atoms with Crippen LogP contribution < -0.4 is 5.73 Å². The van der Waals surface area contributed by atoms with Crippen molar-refractivity contribution in [2.24, 2.45) is 11.7 Å². The predicted octanol–water partition coefficient (Wildman–Crippen LogP) is 0.343. The van der Waals surface area contributed by atoms with Gasteiger partial charge in [0.1, 0.15) is 0 Å². The lowest BCUT2D eigenvalue weighted by Gasteiger charge is -2.27. The third-order valence-electron chi connectivity index (χ3n) is 2.82. The Balaban J connectivity index is 2.46. The lowest BCUT2D eigenvalue weighted by Crippen LogP contribution is -2.42. The number of nitrogens with zero attached hydrogens (tertiary/aromatic N) is 1. The van der Waals surface area contributed by atoms with Crippen LogP contribution in [-0.2, 0) is 4.79 Å². The monoisotopic (exact) mass is 214 g/mol. The van der Waals surface area contributed by atoms with Crippen LogP contribution in [0.25, 0.3) is 0 Å². The number of aliphatic hydroxyl groups is 1. The first-order valence-electron chi connectivity index (χ1n) is 5.52. The highest BCUT2D eigenvalue weighted by atomic mass is 16.3. The Morgan fingerprint density at radius 3 is 2.53 bits per heavy atom. The molecule has 0 bridgehead atoms. The van der Waals surface area contributed by atoms with Gasteiger partial charge in [-0.2, -0.15) is 0 Å². The first-order valence-corrected chi connectivity index (χ1v) is 5.52. The molecule has 0 aromatic carbocycles. The lowest BCUT2D eigenvalue weighted by atomic mass is 10.0. The molecule has 0 aromatic heterocycles. The number of carbonyl (C=O) groups is 1. The second kappa shape index (κ2) is 4.49. The summed E-state index contributed by atoms with van der Waals surface area (Å²) in [5.74, 6) is 0.178. The molecule has 2 unspecified atom stereocenters. The van der Waals surface area contributed by atoms with Gasteiger partial charge in [-0.15, -0.1) is 0 Å². The van der Waals surface area contributed by atoms with Crippen molar-refractivity contribution in [2.75, 3.05) is 13.6 Å². The molecule has 1 saturated carbocycles. The van der Waals surface area contributed by atoms with Crippen molar-refractivity contribution in [3.8, 4) is 0 Å². The van der Waals surface area contributed by atoms with E-state index in [1.54, 1.807) is 25.8 Å². The van der Waals surface area contributed by atoms with Gasteiger partial charge in [0.15, 0.2) is 0 Å². The van der Waals surface area contributed by atoms with Crippen LogP contribution in [0.15, 0.2) is 0 Å². The number of carbonyl (C=O) groups excluding carboxylic acids is 1. The molecule has 4 heteroatoms. The van der Waals surface area contributed by atoms with Crippen LogP contribution >= 0.6 is 0 Å².